The Bertz CT molecular complexity index is 878. The summed E-state index contributed by atoms with van der Waals surface area (Å²) in [5.41, 5.74) is 1.15. The fourth-order valence-electron chi connectivity index (χ4n) is 3.60. The van der Waals surface area contributed by atoms with Crippen LogP contribution in [0.3, 0.4) is 0 Å². The maximum absolute atomic E-state index is 14.0. The van der Waals surface area contributed by atoms with Crippen LogP contribution in [0.15, 0.2) is 29.1 Å². The number of unbranched alkanes of at least 4 members (excludes halogenated alkanes) is 1. The number of hydrogen-bond donors (Lipinski definition) is 1. The highest BCUT2D eigenvalue weighted by atomic mass is 19.1. The van der Waals surface area contributed by atoms with Crippen LogP contribution in [0.5, 0.6) is 0 Å². The van der Waals surface area contributed by atoms with Gasteiger partial charge in [0.25, 0.3) is 5.56 Å². The summed E-state index contributed by atoms with van der Waals surface area (Å²) in [5, 5.41) is 0. The molecule has 2 aromatic rings. The van der Waals surface area contributed by atoms with Crippen molar-refractivity contribution in [3.8, 4) is 11.4 Å². The molecule has 2 heterocycles. The molecule has 0 spiro atoms. The molecule has 0 fully saturated rings. The molecular formula is C21H26FN3O2. The first kappa shape index (κ1) is 19.3. The number of H-pyrrole nitrogens is 1. The molecule has 0 bridgehead atoms. The van der Waals surface area contributed by atoms with Crippen LogP contribution in [-0.2, 0) is 17.8 Å². The van der Waals surface area contributed by atoms with Crippen LogP contribution < -0.4 is 5.56 Å². The van der Waals surface area contributed by atoms with Gasteiger partial charge < -0.3 is 9.88 Å². The summed E-state index contributed by atoms with van der Waals surface area (Å²) in [6.45, 7) is 4.97. The predicted octanol–water partition coefficient (Wildman–Crippen LogP) is 3.68. The number of aromatic nitrogens is 2. The molecule has 5 nitrogen and oxygen atoms in total. The van der Waals surface area contributed by atoms with Crippen LogP contribution in [0, 0.1) is 11.7 Å². The molecule has 27 heavy (non-hydrogen) atoms. The second-order valence-corrected chi connectivity index (χ2v) is 7.08. The van der Waals surface area contributed by atoms with Crippen molar-refractivity contribution >= 4 is 5.91 Å². The third-order valence-corrected chi connectivity index (χ3v) is 5.26. The second-order valence-electron chi connectivity index (χ2n) is 7.08. The van der Waals surface area contributed by atoms with Crippen LogP contribution >= 0.6 is 0 Å². The first-order valence-electron chi connectivity index (χ1n) is 9.70. The van der Waals surface area contributed by atoms with Gasteiger partial charge in [-0.05, 0) is 25.0 Å². The zero-order valence-electron chi connectivity index (χ0n) is 15.9. The number of fused-ring (bicyclic) bond motifs is 1. The molecule has 1 aromatic heterocycles. The topological polar surface area (TPSA) is 66.1 Å². The Kier molecular flexibility index (Phi) is 6.04. The minimum atomic E-state index is -0.421. The summed E-state index contributed by atoms with van der Waals surface area (Å²) in [7, 11) is 0. The predicted molar refractivity (Wildman–Crippen MR) is 103 cm³/mol. The number of nitrogens with zero attached hydrogens (tertiary/aromatic N) is 2. The molecule has 144 valence electrons. The van der Waals surface area contributed by atoms with Gasteiger partial charge in [0.15, 0.2) is 0 Å². The number of amides is 1. The summed E-state index contributed by atoms with van der Waals surface area (Å²) in [5.74, 6) is -0.0497. The third-order valence-electron chi connectivity index (χ3n) is 5.26. The van der Waals surface area contributed by atoms with Crippen molar-refractivity contribution in [1.82, 2.24) is 14.9 Å². The fourth-order valence-corrected chi connectivity index (χ4v) is 3.60. The van der Waals surface area contributed by atoms with Gasteiger partial charge in [-0.1, -0.05) is 38.8 Å². The Morgan fingerprint density at radius 3 is 2.81 bits per heavy atom. The highest BCUT2D eigenvalue weighted by Crippen LogP contribution is 2.23. The molecule has 1 aliphatic heterocycles. The molecule has 1 atom stereocenters. The van der Waals surface area contributed by atoms with Gasteiger partial charge in [0.05, 0.1) is 23.4 Å². The van der Waals surface area contributed by atoms with Gasteiger partial charge in [-0.2, -0.15) is 0 Å². The van der Waals surface area contributed by atoms with Crippen LogP contribution in [0.2, 0.25) is 0 Å². The molecule has 3 rings (SSSR count). The van der Waals surface area contributed by atoms with Crippen molar-refractivity contribution in [2.45, 2.75) is 52.5 Å². The largest absolute Gasteiger partial charge is 0.337 e. The Morgan fingerprint density at radius 2 is 2.11 bits per heavy atom. The van der Waals surface area contributed by atoms with Gasteiger partial charge in [-0.25, -0.2) is 9.37 Å². The van der Waals surface area contributed by atoms with Gasteiger partial charge in [0.2, 0.25) is 5.91 Å². The minimum absolute atomic E-state index is 0.0104. The van der Waals surface area contributed by atoms with E-state index in [-0.39, 0.29) is 35.3 Å². The Hall–Kier alpha value is -2.50. The first-order valence-corrected chi connectivity index (χ1v) is 9.70. The lowest BCUT2D eigenvalue weighted by molar-refractivity contribution is -0.136. The highest BCUT2D eigenvalue weighted by molar-refractivity contribution is 5.79. The molecule has 0 aliphatic carbocycles. The van der Waals surface area contributed by atoms with E-state index in [0.717, 1.165) is 25.7 Å². The van der Waals surface area contributed by atoms with Crippen LogP contribution in [0.1, 0.15) is 50.8 Å². The van der Waals surface area contributed by atoms with Gasteiger partial charge in [0, 0.05) is 18.9 Å². The highest BCUT2D eigenvalue weighted by Gasteiger charge is 2.28. The number of halogens is 1. The van der Waals surface area contributed by atoms with E-state index < -0.39 is 5.82 Å². The van der Waals surface area contributed by atoms with E-state index in [2.05, 4.69) is 16.9 Å². The number of benzene rings is 1. The average Bonchev–Trinajstić information content (AvgIpc) is 2.68. The lowest BCUT2D eigenvalue weighted by atomic mass is 9.96. The summed E-state index contributed by atoms with van der Waals surface area (Å²) < 4.78 is 14.0. The standard InChI is InChI=1S/C21H26FN3O2/c1-3-5-8-14(4-2)21(27)25-12-11-18-16(13-25)20(26)24-19(23-18)15-9-6-7-10-17(15)22/h6-7,9-10,14H,3-5,8,11-13H2,1-2H3,(H,23,24,26)/t14-/m0/s1. The van der Waals surface area contributed by atoms with Crippen molar-refractivity contribution in [2.75, 3.05) is 6.54 Å². The SMILES string of the molecule is CCCC[C@H](CC)C(=O)N1CCc2nc(-c3ccccc3F)[nH]c(=O)c2C1. The molecule has 1 aromatic carbocycles. The van der Waals surface area contributed by atoms with Gasteiger partial charge >= 0.3 is 0 Å². The van der Waals surface area contributed by atoms with E-state index in [0.29, 0.717) is 24.2 Å². The number of carbonyl (C=O) groups is 1. The van der Waals surface area contributed by atoms with E-state index in [1.54, 1.807) is 23.1 Å². The monoisotopic (exact) mass is 371 g/mol. The lowest BCUT2D eigenvalue weighted by Gasteiger charge is -2.31. The van der Waals surface area contributed by atoms with Crippen LogP contribution in [0.25, 0.3) is 11.4 Å². The molecule has 1 N–H and O–H groups in total. The van der Waals surface area contributed by atoms with Gasteiger partial charge in [0.1, 0.15) is 11.6 Å². The third kappa shape index (κ3) is 4.10. The molecule has 1 amide bonds. The fraction of sp³-hybridized carbons (Fsp3) is 0.476. The zero-order chi connectivity index (χ0) is 19.4. The molecule has 0 saturated heterocycles. The van der Waals surface area contributed by atoms with E-state index in [1.165, 1.54) is 6.07 Å². The van der Waals surface area contributed by atoms with Gasteiger partial charge in [-0.15, -0.1) is 0 Å². The molecule has 0 saturated carbocycles. The van der Waals surface area contributed by atoms with E-state index in [1.807, 2.05) is 6.92 Å². The van der Waals surface area contributed by atoms with Crippen molar-refractivity contribution in [2.24, 2.45) is 5.92 Å². The summed E-state index contributed by atoms with van der Waals surface area (Å²) >= 11 is 0. The average molecular weight is 371 g/mol. The smallest absolute Gasteiger partial charge is 0.256 e. The summed E-state index contributed by atoms with van der Waals surface area (Å²) in [6, 6.07) is 6.25. The maximum Gasteiger partial charge on any atom is 0.256 e. The van der Waals surface area contributed by atoms with Crippen LogP contribution in [0.4, 0.5) is 4.39 Å². The van der Waals surface area contributed by atoms with E-state index >= 15 is 0 Å². The molecule has 0 unspecified atom stereocenters. The lowest BCUT2D eigenvalue weighted by Crippen LogP contribution is -2.42. The van der Waals surface area contributed by atoms with E-state index in [4.69, 9.17) is 0 Å². The zero-order valence-corrected chi connectivity index (χ0v) is 15.9. The maximum atomic E-state index is 14.0. The number of nitrogens with one attached hydrogen (secondary N) is 1. The van der Waals surface area contributed by atoms with Crippen molar-refractivity contribution in [1.29, 1.82) is 0 Å². The normalized spacial score (nSPS) is 14.7. The number of hydrogen-bond acceptors (Lipinski definition) is 3. The van der Waals surface area contributed by atoms with Crippen LogP contribution in [-0.4, -0.2) is 27.3 Å². The minimum Gasteiger partial charge on any atom is -0.337 e. The molecule has 0 radical (unpaired) electrons. The van der Waals surface area contributed by atoms with Crippen molar-refractivity contribution in [3.05, 3.63) is 51.7 Å². The number of carbonyl (C=O) groups excluding carboxylic acids is 1. The summed E-state index contributed by atoms with van der Waals surface area (Å²) in [6.07, 6.45) is 4.30. The molecule has 6 heteroatoms. The molecule has 1 aliphatic rings. The molecular weight excluding hydrogens is 345 g/mol. The quantitative estimate of drug-likeness (QED) is 0.842. The van der Waals surface area contributed by atoms with E-state index in [9.17, 15) is 14.0 Å². The second kappa shape index (κ2) is 8.46. The summed E-state index contributed by atoms with van der Waals surface area (Å²) in [4.78, 5) is 34.4. The van der Waals surface area contributed by atoms with Gasteiger partial charge in [-0.3, -0.25) is 9.59 Å². The first-order chi connectivity index (χ1) is 13.0. The number of aromatic amines is 1. The van der Waals surface area contributed by atoms with Crippen molar-refractivity contribution in [3.63, 3.8) is 0 Å². The number of rotatable bonds is 6. The Morgan fingerprint density at radius 1 is 1.33 bits per heavy atom. The Labute approximate surface area is 158 Å². The Balaban J connectivity index is 1.84. The van der Waals surface area contributed by atoms with Crippen molar-refractivity contribution < 1.29 is 9.18 Å².